The standard InChI is InChI=1S/C47H34N2O/c48-43(30-44(33-16-5-2-6-17-33)49-31-32-14-3-1-4-15-32)36-19-13-18-34(28-36)35-26-27-38-37-20-7-8-21-39(37)47(42(38)29-35)40-22-9-11-24-45(40)50-46-25-12-10-23-41(46)47/h1-30H,31,48H2/b43-30-,49-44+. The highest BCUT2D eigenvalue weighted by molar-refractivity contribution is 6.12. The Labute approximate surface area is 292 Å². The molecule has 9 rings (SSSR count). The van der Waals surface area contributed by atoms with Gasteiger partial charge in [-0.15, -0.1) is 0 Å². The van der Waals surface area contributed by atoms with E-state index in [1.54, 1.807) is 0 Å². The summed E-state index contributed by atoms with van der Waals surface area (Å²) in [5.41, 5.74) is 20.6. The van der Waals surface area contributed by atoms with E-state index in [9.17, 15) is 0 Å². The molecule has 0 amide bonds. The molecule has 0 atom stereocenters. The van der Waals surface area contributed by atoms with Gasteiger partial charge in [-0.2, -0.15) is 0 Å². The minimum absolute atomic E-state index is 0.510. The van der Waals surface area contributed by atoms with Gasteiger partial charge in [-0.3, -0.25) is 4.99 Å². The van der Waals surface area contributed by atoms with Crippen LogP contribution in [0.4, 0.5) is 0 Å². The zero-order valence-electron chi connectivity index (χ0n) is 27.5. The summed E-state index contributed by atoms with van der Waals surface area (Å²) in [5.74, 6) is 1.78. The van der Waals surface area contributed by atoms with E-state index in [2.05, 4.69) is 140 Å². The Morgan fingerprint density at radius 3 is 1.84 bits per heavy atom. The van der Waals surface area contributed by atoms with E-state index in [1.165, 1.54) is 22.3 Å². The van der Waals surface area contributed by atoms with Gasteiger partial charge in [-0.1, -0.05) is 152 Å². The first kappa shape index (κ1) is 29.7. The highest BCUT2D eigenvalue weighted by atomic mass is 16.5. The highest BCUT2D eigenvalue weighted by Crippen LogP contribution is 2.62. The van der Waals surface area contributed by atoms with Crippen molar-refractivity contribution in [2.75, 3.05) is 0 Å². The van der Waals surface area contributed by atoms with Crippen molar-refractivity contribution < 1.29 is 4.74 Å². The fourth-order valence-electron chi connectivity index (χ4n) is 7.73. The van der Waals surface area contributed by atoms with E-state index >= 15 is 0 Å². The maximum atomic E-state index is 6.88. The van der Waals surface area contributed by atoms with Crippen LogP contribution in [0.3, 0.4) is 0 Å². The van der Waals surface area contributed by atoms with Gasteiger partial charge in [0.1, 0.15) is 11.5 Å². The number of nitrogens with two attached hydrogens (primary N) is 1. The Hall–Kier alpha value is -6.45. The average molecular weight is 643 g/mol. The third kappa shape index (κ3) is 4.86. The lowest BCUT2D eigenvalue weighted by Gasteiger charge is -2.39. The third-order valence-corrected chi connectivity index (χ3v) is 10.0. The molecule has 2 N–H and O–H groups in total. The lowest BCUT2D eigenvalue weighted by molar-refractivity contribution is 0.436. The maximum absolute atomic E-state index is 6.88. The van der Waals surface area contributed by atoms with Gasteiger partial charge in [0.2, 0.25) is 0 Å². The van der Waals surface area contributed by atoms with Crippen LogP contribution in [0.2, 0.25) is 0 Å². The van der Waals surface area contributed by atoms with Crippen molar-refractivity contribution in [3.8, 4) is 33.8 Å². The Morgan fingerprint density at radius 2 is 1.10 bits per heavy atom. The van der Waals surface area contributed by atoms with E-state index in [4.69, 9.17) is 15.5 Å². The van der Waals surface area contributed by atoms with Gasteiger partial charge in [0.05, 0.1) is 17.7 Å². The summed E-state index contributed by atoms with van der Waals surface area (Å²) in [4.78, 5) is 5.00. The van der Waals surface area contributed by atoms with E-state index in [1.807, 2.05) is 42.5 Å². The van der Waals surface area contributed by atoms with Gasteiger partial charge in [0.25, 0.3) is 0 Å². The molecule has 0 bridgehead atoms. The number of hydrogen-bond donors (Lipinski definition) is 1. The number of ether oxygens (including phenoxy) is 1. The molecule has 3 nitrogen and oxygen atoms in total. The molecule has 0 fully saturated rings. The van der Waals surface area contributed by atoms with Crippen LogP contribution in [0.1, 0.15) is 38.9 Å². The van der Waals surface area contributed by atoms with Crippen LogP contribution >= 0.6 is 0 Å². The third-order valence-electron chi connectivity index (χ3n) is 10.0. The van der Waals surface area contributed by atoms with E-state index in [0.29, 0.717) is 12.2 Å². The average Bonchev–Trinajstić information content (AvgIpc) is 3.47. The minimum Gasteiger partial charge on any atom is -0.457 e. The van der Waals surface area contributed by atoms with Gasteiger partial charge >= 0.3 is 0 Å². The number of allylic oxidation sites excluding steroid dienone is 1. The molecule has 0 saturated heterocycles. The molecule has 0 radical (unpaired) electrons. The molecule has 7 aromatic rings. The zero-order valence-corrected chi connectivity index (χ0v) is 27.5. The van der Waals surface area contributed by atoms with Crippen LogP contribution in [0, 0.1) is 0 Å². The van der Waals surface area contributed by atoms with Crippen LogP contribution in [-0.4, -0.2) is 5.71 Å². The number of para-hydroxylation sites is 2. The summed E-state index contributed by atoms with van der Waals surface area (Å²) in [6, 6.07) is 61.8. The lowest BCUT2D eigenvalue weighted by Crippen LogP contribution is -2.32. The molecule has 1 aliphatic heterocycles. The van der Waals surface area contributed by atoms with E-state index in [0.717, 1.165) is 56.2 Å². The molecule has 1 aliphatic carbocycles. The van der Waals surface area contributed by atoms with E-state index < -0.39 is 5.41 Å². The second-order valence-corrected chi connectivity index (χ2v) is 12.9. The molecule has 3 heteroatoms. The first-order valence-electron chi connectivity index (χ1n) is 17.0. The van der Waals surface area contributed by atoms with Gasteiger partial charge < -0.3 is 10.5 Å². The van der Waals surface area contributed by atoms with Gasteiger partial charge in [-0.25, -0.2) is 0 Å². The van der Waals surface area contributed by atoms with Crippen molar-refractivity contribution in [1.82, 2.24) is 0 Å². The summed E-state index contributed by atoms with van der Waals surface area (Å²) < 4.78 is 6.53. The van der Waals surface area contributed by atoms with Crippen LogP contribution in [0.5, 0.6) is 11.5 Å². The lowest BCUT2D eigenvalue weighted by atomic mass is 9.66. The van der Waals surface area contributed by atoms with Gasteiger partial charge in [0.15, 0.2) is 0 Å². The molecule has 1 heterocycles. The molecule has 0 saturated carbocycles. The van der Waals surface area contributed by atoms with E-state index in [-0.39, 0.29) is 0 Å². The molecule has 1 spiro atoms. The van der Waals surface area contributed by atoms with Crippen molar-refractivity contribution in [1.29, 1.82) is 0 Å². The summed E-state index contributed by atoms with van der Waals surface area (Å²) in [5, 5.41) is 0. The topological polar surface area (TPSA) is 47.6 Å². The normalized spacial score (nSPS) is 13.9. The molecular weight excluding hydrogens is 609 g/mol. The molecule has 0 unspecified atom stereocenters. The summed E-state index contributed by atoms with van der Waals surface area (Å²) in [7, 11) is 0. The summed E-state index contributed by atoms with van der Waals surface area (Å²) in [6.45, 7) is 0.575. The molecule has 2 aliphatic rings. The van der Waals surface area contributed by atoms with Crippen molar-refractivity contribution in [3.05, 3.63) is 221 Å². The second-order valence-electron chi connectivity index (χ2n) is 12.9. The largest absolute Gasteiger partial charge is 0.457 e. The fourth-order valence-corrected chi connectivity index (χ4v) is 7.73. The Bertz CT molecular complexity index is 2400. The Morgan fingerprint density at radius 1 is 0.520 bits per heavy atom. The molecule has 50 heavy (non-hydrogen) atoms. The smallest absolute Gasteiger partial charge is 0.132 e. The monoisotopic (exact) mass is 642 g/mol. The number of fused-ring (bicyclic) bond motifs is 9. The second kappa shape index (κ2) is 12.2. The Kier molecular flexibility index (Phi) is 7.25. The summed E-state index contributed by atoms with van der Waals surface area (Å²) in [6.07, 6.45) is 2.00. The van der Waals surface area contributed by atoms with Crippen LogP contribution in [0.15, 0.2) is 187 Å². The number of hydrogen-bond acceptors (Lipinski definition) is 3. The first-order chi connectivity index (χ1) is 24.7. The Balaban J connectivity index is 1.16. The highest BCUT2D eigenvalue weighted by Gasteiger charge is 2.50. The first-order valence-corrected chi connectivity index (χ1v) is 17.0. The predicted octanol–water partition coefficient (Wildman–Crippen LogP) is 10.8. The summed E-state index contributed by atoms with van der Waals surface area (Å²) >= 11 is 0. The van der Waals surface area contributed by atoms with Crippen molar-refractivity contribution in [2.45, 2.75) is 12.0 Å². The van der Waals surface area contributed by atoms with Gasteiger partial charge in [0, 0.05) is 16.8 Å². The number of aliphatic imine (C=N–C) groups is 1. The van der Waals surface area contributed by atoms with Gasteiger partial charge in [-0.05, 0) is 80.4 Å². The zero-order chi connectivity index (χ0) is 33.5. The quantitative estimate of drug-likeness (QED) is 0.184. The van der Waals surface area contributed by atoms with Crippen molar-refractivity contribution in [2.24, 2.45) is 10.7 Å². The number of rotatable bonds is 6. The fraction of sp³-hybridized carbons (Fsp3) is 0.0426. The van der Waals surface area contributed by atoms with Crippen LogP contribution < -0.4 is 10.5 Å². The minimum atomic E-state index is -0.510. The molecular formula is C47H34N2O. The number of benzene rings is 7. The van der Waals surface area contributed by atoms with Crippen LogP contribution in [0.25, 0.3) is 28.0 Å². The number of nitrogens with zero attached hydrogens (tertiary/aromatic N) is 1. The molecule has 0 aromatic heterocycles. The van der Waals surface area contributed by atoms with Crippen molar-refractivity contribution >= 4 is 11.4 Å². The molecule has 7 aromatic carbocycles. The maximum Gasteiger partial charge on any atom is 0.132 e. The SMILES string of the molecule is N/C(=C\C(=N/Cc1ccccc1)c1ccccc1)c1cccc(-c2ccc3c(c2)C2(c4ccccc4Oc4ccccc42)c2ccccc2-3)c1. The predicted molar refractivity (Wildman–Crippen MR) is 205 cm³/mol. The molecule has 238 valence electrons. The van der Waals surface area contributed by atoms with Crippen molar-refractivity contribution in [3.63, 3.8) is 0 Å². The van der Waals surface area contributed by atoms with Crippen LogP contribution in [-0.2, 0) is 12.0 Å².